The zero-order valence-corrected chi connectivity index (χ0v) is 29.2. The van der Waals surface area contributed by atoms with Crippen molar-refractivity contribution in [1.29, 1.82) is 0 Å². The third kappa shape index (κ3) is 4.45. The largest absolute Gasteiger partial charge is 0.360 e. The SMILES string of the molecule is CC1(C)c2ccccc2C2(c3ccccc3-c3cc(-c4ccc(C5=CC(c6ccccn6)=NC(c6ccccc6)N5)cc4)ccc32)c2ccccc21. The zero-order chi connectivity index (χ0) is 34.9. The fourth-order valence-electron chi connectivity index (χ4n) is 9.04. The lowest BCUT2D eigenvalue weighted by Crippen LogP contribution is -2.40. The Balaban J connectivity index is 1.07. The van der Waals surface area contributed by atoms with Gasteiger partial charge in [0.1, 0.15) is 6.17 Å². The van der Waals surface area contributed by atoms with Crippen LogP contribution in [0.25, 0.3) is 28.0 Å². The molecule has 0 amide bonds. The quantitative estimate of drug-likeness (QED) is 0.203. The Hall–Kier alpha value is -6.32. The summed E-state index contributed by atoms with van der Waals surface area (Å²) in [5.74, 6) is 0. The van der Waals surface area contributed by atoms with Crippen molar-refractivity contribution in [3.8, 4) is 22.3 Å². The number of fused-ring (bicyclic) bond motifs is 9. The number of rotatable bonds is 4. The van der Waals surface area contributed by atoms with E-state index in [2.05, 4.69) is 170 Å². The minimum atomic E-state index is -0.377. The number of benzene rings is 6. The van der Waals surface area contributed by atoms with Crippen LogP contribution < -0.4 is 5.32 Å². The van der Waals surface area contributed by atoms with Crippen molar-refractivity contribution in [3.63, 3.8) is 0 Å². The minimum absolute atomic E-state index is 0.105. The first-order valence-corrected chi connectivity index (χ1v) is 18.1. The molecule has 3 aliphatic rings. The zero-order valence-electron chi connectivity index (χ0n) is 29.2. The van der Waals surface area contributed by atoms with Gasteiger partial charge in [-0.25, -0.2) is 0 Å². The highest BCUT2D eigenvalue weighted by Crippen LogP contribution is 2.62. The topological polar surface area (TPSA) is 37.3 Å². The summed E-state index contributed by atoms with van der Waals surface area (Å²) in [5.41, 5.74) is 17.8. The summed E-state index contributed by atoms with van der Waals surface area (Å²) in [6.45, 7) is 4.75. The van der Waals surface area contributed by atoms with Gasteiger partial charge in [-0.15, -0.1) is 0 Å². The van der Waals surface area contributed by atoms with Crippen molar-refractivity contribution >= 4 is 11.4 Å². The second kappa shape index (κ2) is 11.6. The highest BCUT2D eigenvalue weighted by atomic mass is 15.1. The van der Waals surface area contributed by atoms with Gasteiger partial charge >= 0.3 is 0 Å². The Labute approximate surface area is 305 Å². The van der Waals surface area contributed by atoms with Crippen LogP contribution in [0.1, 0.15) is 70.2 Å². The Bertz CT molecular complexity index is 2510. The van der Waals surface area contributed by atoms with E-state index < -0.39 is 0 Å². The van der Waals surface area contributed by atoms with Crippen LogP contribution in [-0.2, 0) is 10.8 Å². The van der Waals surface area contributed by atoms with E-state index in [1.165, 1.54) is 55.6 Å². The molecule has 2 aliphatic carbocycles. The summed E-state index contributed by atoms with van der Waals surface area (Å²) < 4.78 is 0. The maximum Gasteiger partial charge on any atom is 0.145 e. The van der Waals surface area contributed by atoms with Gasteiger partial charge < -0.3 is 5.32 Å². The number of hydrogen-bond donors (Lipinski definition) is 1. The molecule has 0 saturated carbocycles. The molecule has 6 aromatic carbocycles. The van der Waals surface area contributed by atoms with Gasteiger partial charge in [-0.2, -0.15) is 0 Å². The summed E-state index contributed by atoms with van der Waals surface area (Å²) in [6, 6.07) is 59.7. The van der Waals surface area contributed by atoms with E-state index in [9.17, 15) is 0 Å². The van der Waals surface area contributed by atoms with Crippen LogP contribution in [0.15, 0.2) is 181 Å². The lowest BCUT2D eigenvalue weighted by atomic mass is 9.55. The van der Waals surface area contributed by atoms with E-state index in [-0.39, 0.29) is 17.0 Å². The Kier molecular flexibility index (Phi) is 6.81. The van der Waals surface area contributed by atoms with Crippen molar-refractivity contribution in [2.45, 2.75) is 30.8 Å². The summed E-state index contributed by atoms with van der Waals surface area (Å²) >= 11 is 0. The van der Waals surface area contributed by atoms with Gasteiger partial charge in [0.2, 0.25) is 0 Å². The number of aliphatic imine (C=N–C) groups is 1. The fourth-order valence-corrected chi connectivity index (χ4v) is 9.04. The number of nitrogens with zero attached hydrogens (tertiary/aromatic N) is 2. The summed E-state index contributed by atoms with van der Waals surface area (Å²) in [4.78, 5) is 9.67. The molecule has 52 heavy (non-hydrogen) atoms. The first-order chi connectivity index (χ1) is 25.5. The Morgan fingerprint density at radius 2 is 1.08 bits per heavy atom. The third-order valence-electron chi connectivity index (χ3n) is 11.5. The number of allylic oxidation sites excluding steroid dienone is 1. The van der Waals surface area contributed by atoms with E-state index in [0.717, 1.165) is 28.2 Å². The maximum absolute atomic E-state index is 5.05. The number of aromatic nitrogens is 1. The average molecular weight is 668 g/mol. The molecule has 1 aromatic heterocycles. The van der Waals surface area contributed by atoms with E-state index >= 15 is 0 Å². The summed E-state index contributed by atoms with van der Waals surface area (Å²) in [7, 11) is 0. The molecular weight excluding hydrogens is 631 g/mol. The van der Waals surface area contributed by atoms with E-state index in [1.54, 1.807) is 0 Å². The molecule has 3 heteroatoms. The standard InChI is InChI=1S/C49H37N3/c1-48(2)40-18-8-10-20-42(40)49(43-21-11-9-19-41(43)48)38-17-7-6-16-36(38)37-30-35(27-28-39(37)49)32-23-25-33(26-24-32)45-31-46(44-22-12-13-29-50-44)52-47(51-45)34-14-4-3-5-15-34/h3-31,47,51H,1-2H3. The molecule has 0 radical (unpaired) electrons. The third-order valence-corrected chi connectivity index (χ3v) is 11.5. The highest BCUT2D eigenvalue weighted by Gasteiger charge is 2.53. The van der Waals surface area contributed by atoms with Crippen molar-refractivity contribution in [2.75, 3.05) is 0 Å². The molecule has 248 valence electrons. The number of hydrogen-bond acceptors (Lipinski definition) is 3. The van der Waals surface area contributed by atoms with Crippen LogP contribution in [-0.4, -0.2) is 10.7 Å². The number of nitrogens with one attached hydrogen (secondary N) is 1. The summed E-state index contributed by atoms with van der Waals surface area (Å²) in [6.07, 6.45) is 3.73. The molecule has 0 saturated heterocycles. The normalized spacial score (nSPS) is 17.2. The molecular formula is C49H37N3. The molecule has 0 fully saturated rings. The molecule has 10 rings (SSSR count). The van der Waals surface area contributed by atoms with Crippen molar-refractivity contribution < 1.29 is 0 Å². The first kappa shape index (κ1) is 30.5. The van der Waals surface area contributed by atoms with E-state index in [1.807, 2.05) is 30.5 Å². The molecule has 1 unspecified atom stereocenters. The van der Waals surface area contributed by atoms with Gasteiger partial charge in [0.25, 0.3) is 0 Å². The van der Waals surface area contributed by atoms with Gasteiger partial charge in [0.05, 0.1) is 16.8 Å². The lowest BCUT2D eigenvalue weighted by Gasteiger charge is -2.46. The lowest BCUT2D eigenvalue weighted by molar-refractivity contribution is 0.563. The Morgan fingerprint density at radius 3 is 1.77 bits per heavy atom. The van der Waals surface area contributed by atoms with E-state index in [0.29, 0.717) is 0 Å². The van der Waals surface area contributed by atoms with Gasteiger partial charge in [-0.3, -0.25) is 9.98 Å². The number of pyridine rings is 1. The van der Waals surface area contributed by atoms with Crippen molar-refractivity contribution in [3.05, 3.63) is 226 Å². The van der Waals surface area contributed by atoms with Crippen LogP contribution in [0, 0.1) is 0 Å². The molecule has 7 aromatic rings. The van der Waals surface area contributed by atoms with E-state index in [4.69, 9.17) is 4.99 Å². The predicted molar refractivity (Wildman–Crippen MR) is 212 cm³/mol. The smallest absolute Gasteiger partial charge is 0.145 e. The van der Waals surface area contributed by atoms with Crippen molar-refractivity contribution in [1.82, 2.24) is 10.3 Å². The molecule has 2 heterocycles. The molecule has 1 atom stereocenters. The van der Waals surface area contributed by atoms with Crippen LogP contribution in [0.2, 0.25) is 0 Å². The van der Waals surface area contributed by atoms with Gasteiger partial charge in [0, 0.05) is 17.3 Å². The molecule has 0 bridgehead atoms. The van der Waals surface area contributed by atoms with Gasteiger partial charge in [0.15, 0.2) is 0 Å². The molecule has 1 spiro atoms. The van der Waals surface area contributed by atoms with Gasteiger partial charge in [-0.05, 0) is 91.0 Å². The minimum Gasteiger partial charge on any atom is -0.360 e. The van der Waals surface area contributed by atoms with Crippen LogP contribution in [0.5, 0.6) is 0 Å². The highest BCUT2D eigenvalue weighted by molar-refractivity contribution is 6.12. The Morgan fingerprint density at radius 1 is 0.500 bits per heavy atom. The predicted octanol–water partition coefficient (Wildman–Crippen LogP) is 10.9. The summed E-state index contributed by atoms with van der Waals surface area (Å²) in [5, 5.41) is 3.69. The first-order valence-electron chi connectivity index (χ1n) is 18.1. The van der Waals surface area contributed by atoms with Crippen LogP contribution in [0.4, 0.5) is 0 Å². The second-order valence-electron chi connectivity index (χ2n) is 14.6. The molecule has 3 nitrogen and oxygen atoms in total. The monoisotopic (exact) mass is 667 g/mol. The average Bonchev–Trinajstić information content (AvgIpc) is 3.51. The van der Waals surface area contributed by atoms with Crippen LogP contribution >= 0.6 is 0 Å². The van der Waals surface area contributed by atoms with Crippen molar-refractivity contribution in [2.24, 2.45) is 4.99 Å². The van der Waals surface area contributed by atoms with Crippen LogP contribution in [0.3, 0.4) is 0 Å². The maximum atomic E-state index is 5.05. The fraction of sp³-hybridized carbons (Fsp3) is 0.102. The second-order valence-corrected chi connectivity index (χ2v) is 14.6. The van der Waals surface area contributed by atoms with Gasteiger partial charge in [-0.1, -0.05) is 159 Å². The molecule has 1 N–H and O–H groups in total. The molecule has 1 aliphatic heterocycles.